The third-order valence-electron chi connectivity index (χ3n) is 5.27. The molecule has 1 heterocycles. The molecule has 0 spiro atoms. The van der Waals surface area contributed by atoms with Crippen molar-refractivity contribution in [2.24, 2.45) is 0 Å². The van der Waals surface area contributed by atoms with Gasteiger partial charge in [-0.1, -0.05) is 43.3 Å². The molecule has 2 aromatic rings. The fourth-order valence-corrected chi connectivity index (χ4v) is 3.58. The number of piperazine rings is 1. The number of ether oxygens (including phenoxy) is 1. The van der Waals surface area contributed by atoms with Gasteiger partial charge in [-0.2, -0.15) is 0 Å². The Bertz CT molecular complexity index is 727. The van der Waals surface area contributed by atoms with Crippen LogP contribution in [-0.2, 0) is 0 Å². The summed E-state index contributed by atoms with van der Waals surface area (Å²) in [6.07, 6.45) is 0. The zero-order valence-corrected chi connectivity index (χ0v) is 16.2. The van der Waals surface area contributed by atoms with E-state index in [-0.39, 0.29) is 11.9 Å². The summed E-state index contributed by atoms with van der Waals surface area (Å²) in [5.74, 6) is 0.625. The van der Waals surface area contributed by atoms with Crippen LogP contribution in [0.3, 0.4) is 0 Å². The summed E-state index contributed by atoms with van der Waals surface area (Å²) in [5, 5.41) is 3.12. The summed E-state index contributed by atoms with van der Waals surface area (Å²) in [6.45, 7) is 8.07. The highest BCUT2D eigenvalue weighted by Gasteiger charge is 2.25. The summed E-state index contributed by atoms with van der Waals surface area (Å²) in [6, 6.07) is 17.9. The van der Waals surface area contributed by atoms with Gasteiger partial charge in [0.2, 0.25) is 0 Å². The molecule has 27 heavy (non-hydrogen) atoms. The van der Waals surface area contributed by atoms with E-state index in [2.05, 4.69) is 46.3 Å². The SMILES string of the molecule is CCN1CCN(C(CNC(=O)c2cccc(OC)c2)c2ccccc2)CC1. The maximum atomic E-state index is 12.6. The lowest BCUT2D eigenvalue weighted by atomic mass is 10.0. The summed E-state index contributed by atoms with van der Waals surface area (Å²) < 4.78 is 5.22. The van der Waals surface area contributed by atoms with Crippen molar-refractivity contribution < 1.29 is 9.53 Å². The normalized spacial score (nSPS) is 16.7. The van der Waals surface area contributed by atoms with Crippen LogP contribution in [0.5, 0.6) is 5.75 Å². The quantitative estimate of drug-likeness (QED) is 0.817. The second kappa shape index (κ2) is 9.53. The molecule has 1 saturated heterocycles. The Kier molecular flexibility index (Phi) is 6.85. The molecular weight excluding hydrogens is 338 g/mol. The minimum Gasteiger partial charge on any atom is -0.497 e. The molecule has 3 rings (SSSR count). The van der Waals surface area contributed by atoms with Gasteiger partial charge in [0.1, 0.15) is 5.75 Å². The molecule has 1 amide bonds. The van der Waals surface area contributed by atoms with Crippen LogP contribution in [0.25, 0.3) is 0 Å². The topological polar surface area (TPSA) is 44.8 Å². The van der Waals surface area contributed by atoms with Gasteiger partial charge in [0.05, 0.1) is 13.2 Å². The first-order chi connectivity index (χ1) is 13.2. The van der Waals surface area contributed by atoms with Gasteiger partial charge in [-0.3, -0.25) is 9.69 Å². The number of methoxy groups -OCH3 is 1. The smallest absolute Gasteiger partial charge is 0.251 e. The van der Waals surface area contributed by atoms with Crippen molar-refractivity contribution in [3.63, 3.8) is 0 Å². The van der Waals surface area contributed by atoms with Crippen molar-refractivity contribution in [1.82, 2.24) is 15.1 Å². The molecule has 2 aromatic carbocycles. The minimum atomic E-state index is -0.0676. The Hall–Kier alpha value is -2.37. The van der Waals surface area contributed by atoms with E-state index in [1.165, 1.54) is 5.56 Å². The van der Waals surface area contributed by atoms with Crippen LogP contribution < -0.4 is 10.1 Å². The van der Waals surface area contributed by atoms with Crippen molar-refractivity contribution in [1.29, 1.82) is 0 Å². The summed E-state index contributed by atoms with van der Waals surface area (Å²) in [4.78, 5) is 17.6. The molecule has 144 valence electrons. The van der Waals surface area contributed by atoms with Crippen LogP contribution in [0.4, 0.5) is 0 Å². The van der Waals surface area contributed by atoms with Crippen LogP contribution >= 0.6 is 0 Å². The molecule has 0 aliphatic carbocycles. The zero-order chi connectivity index (χ0) is 19.1. The Morgan fingerprint density at radius 1 is 1.07 bits per heavy atom. The summed E-state index contributed by atoms with van der Waals surface area (Å²) in [7, 11) is 1.61. The van der Waals surface area contributed by atoms with E-state index in [9.17, 15) is 4.79 Å². The van der Waals surface area contributed by atoms with E-state index in [1.807, 2.05) is 24.3 Å². The van der Waals surface area contributed by atoms with E-state index < -0.39 is 0 Å². The molecular formula is C22H29N3O2. The zero-order valence-electron chi connectivity index (χ0n) is 16.2. The second-order valence-corrected chi connectivity index (χ2v) is 6.84. The van der Waals surface area contributed by atoms with Crippen molar-refractivity contribution >= 4 is 5.91 Å². The first-order valence-electron chi connectivity index (χ1n) is 9.65. The Labute approximate surface area is 161 Å². The lowest BCUT2D eigenvalue weighted by molar-refractivity contribution is 0.0855. The molecule has 1 N–H and O–H groups in total. The molecule has 0 aromatic heterocycles. The lowest BCUT2D eigenvalue weighted by Crippen LogP contribution is -2.49. The summed E-state index contributed by atoms with van der Waals surface area (Å²) in [5.41, 5.74) is 1.87. The number of benzene rings is 2. The van der Waals surface area contributed by atoms with Crippen molar-refractivity contribution in [2.75, 3.05) is 46.4 Å². The van der Waals surface area contributed by atoms with Gasteiger partial charge in [0, 0.05) is 38.3 Å². The van der Waals surface area contributed by atoms with Crippen molar-refractivity contribution in [3.8, 4) is 5.75 Å². The van der Waals surface area contributed by atoms with E-state index in [1.54, 1.807) is 13.2 Å². The fraction of sp³-hybridized carbons (Fsp3) is 0.409. The van der Waals surface area contributed by atoms with Gasteiger partial charge in [0.25, 0.3) is 5.91 Å². The standard InChI is InChI=1S/C22H29N3O2/c1-3-24-12-14-25(15-13-24)21(18-8-5-4-6-9-18)17-23-22(26)19-10-7-11-20(16-19)27-2/h4-11,16,21H,3,12-15,17H2,1-2H3,(H,23,26). The summed E-state index contributed by atoms with van der Waals surface area (Å²) >= 11 is 0. The largest absolute Gasteiger partial charge is 0.497 e. The van der Waals surface area contributed by atoms with Gasteiger partial charge >= 0.3 is 0 Å². The Balaban J connectivity index is 1.69. The Morgan fingerprint density at radius 2 is 1.81 bits per heavy atom. The highest BCUT2D eigenvalue weighted by atomic mass is 16.5. The van der Waals surface area contributed by atoms with Crippen LogP contribution in [0.2, 0.25) is 0 Å². The van der Waals surface area contributed by atoms with Crippen LogP contribution in [0.15, 0.2) is 54.6 Å². The van der Waals surface area contributed by atoms with Crippen molar-refractivity contribution in [3.05, 3.63) is 65.7 Å². The number of carbonyl (C=O) groups is 1. The second-order valence-electron chi connectivity index (χ2n) is 6.84. The number of hydrogen-bond acceptors (Lipinski definition) is 4. The molecule has 1 aliphatic heterocycles. The fourth-order valence-electron chi connectivity index (χ4n) is 3.58. The third-order valence-corrected chi connectivity index (χ3v) is 5.27. The number of nitrogens with one attached hydrogen (secondary N) is 1. The number of carbonyl (C=O) groups excluding carboxylic acids is 1. The number of hydrogen-bond donors (Lipinski definition) is 1. The van der Waals surface area contributed by atoms with Gasteiger partial charge in [-0.15, -0.1) is 0 Å². The van der Waals surface area contributed by atoms with Crippen LogP contribution in [0.1, 0.15) is 28.9 Å². The van der Waals surface area contributed by atoms with E-state index in [4.69, 9.17) is 4.74 Å². The highest BCUT2D eigenvalue weighted by Crippen LogP contribution is 2.22. The van der Waals surface area contributed by atoms with E-state index in [0.717, 1.165) is 32.7 Å². The molecule has 5 heteroatoms. The number of nitrogens with zero attached hydrogens (tertiary/aromatic N) is 2. The molecule has 1 aliphatic rings. The number of amides is 1. The third kappa shape index (κ3) is 5.08. The predicted octanol–water partition coefficient (Wildman–Crippen LogP) is 2.80. The van der Waals surface area contributed by atoms with Gasteiger partial charge < -0.3 is 15.0 Å². The monoisotopic (exact) mass is 367 g/mol. The minimum absolute atomic E-state index is 0.0676. The van der Waals surface area contributed by atoms with E-state index in [0.29, 0.717) is 17.9 Å². The maximum absolute atomic E-state index is 12.6. The average molecular weight is 367 g/mol. The van der Waals surface area contributed by atoms with Crippen LogP contribution in [0, 0.1) is 0 Å². The molecule has 0 radical (unpaired) electrons. The van der Waals surface area contributed by atoms with Gasteiger partial charge in [-0.05, 0) is 30.3 Å². The lowest BCUT2D eigenvalue weighted by Gasteiger charge is -2.39. The van der Waals surface area contributed by atoms with Crippen molar-refractivity contribution in [2.45, 2.75) is 13.0 Å². The molecule has 0 saturated carbocycles. The molecule has 0 bridgehead atoms. The van der Waals surface area contributed by atoms with E-state index >= 15 is 0 Å². The Morgan fingerprint density at radius 3 is 2.48 bits per heavy atom. The van der Waals surface area contributed by atoms with Gasteiger partial charge in [0.15, 0.2) is 0 Å². The average Bonchev–Trinajstić information content (AvgIpc) is 2.75. The highest BCUT2D eigenvalue weighted by molar-refractivity contribution is 5.94. The number of rotatable bonds is 7. The first kappa shape index (κ1) is 19.4. The maximum Gasteiger partial charge on any atom is 0.251 e. The predicted molar refractivity (Wildman–Crippen MR) is 108 cm³/mol. The molecule has 1 atom stereocenters. The van der Waals surface area contributed by atoms with Crippen LogP contribution in [-0.4, -0.2) is 62.1 Å². The molecule has 1 unspecified atom stereocenters. The first-order valence-corrected chi connectivity index (χ1v) is 9.65. The molecule has 5 nitrogen and oxygen atoms in total. The number of likely N-dealkylation sites (N-methyl/N-ethyl adjacent to an activating group) is 1. The molecule has 1 fully saturated rings. The van der Waals surface area contributed by atoms with Gasteiger partial charge in [-0.25, -0.2) is 0 Å².